The van der Waals surface area contributed by atoms with Crippen molar-refractivity contribution >= 4 is 37.6 Å². The van der Waals surface area contributed by atoms with Crippen LogP contribution in [0.25, 0.3) is 0 Å². The van der Waals surface area contributed by atoms with Crippen LogP contribution in [0.4, 0.5) is 0 Å². The Kier molecular flexibility index (Phi) is 5.44. The maximum Gasteiger partial charge on any atom is 0.242 e. The Morgan fingerprint density at radius 2 is 1.94 bits per heavy atom. The van der Waals surface area contributed by atoms with Crippen LogP contribution in [0.1, 0.15) is 20.3 Å². The van der Waals surface area contributed by atoms with Crippen molar-refractivity contribution < 1.29 is 8.42 Å². The summed E-state index contributed by atoms with van der Waals surface area (Å²) in [6.45, 7) is 3.80. The minimum atomic E-state index is -3.54. The van der Waals surface area contributed by atoms with Crippen LogP contribution < -0.4 is 4.72 Å². The summed E-state index contributed by atoms with van der Waals surface area (Å²) < 4.78 is 26.7. The standard InChI is InChI=1S/C11H15BrClNO2S/c1-8(12)7-9(2)14-17(15,16)11-6-4-3-5-10(11)13/h3-6,8-9,14H,7H2,1-2H3. The van der Waals surface area contributed by atoms with Crippen molar-refractivity contribution in [3.05, 3.63) is 29.3 Å². The summed E-state index contributed by atoms with van der Waals surface area (Å²) in [6.07, 6.45) is 0.712. The van der Waals surface area contributed by atoms with E-state index in [1.54, 1.807) is 18.2 Å². The second kappa shape index (κ2) is 6.18. The first-order valence-corrected chi connectivity index (χ1v) is 8.01. The largest absolute Gasteiger partial charge is 0.242 e. The lowest BCUT2D eigenvalue weighted by molar-refractivity contribution is 0.548. The molecule has 0 spiro atoms. The van der Waals surface area contributed by atoms with Crippen molar-refractivity contribution in [2.45, 2.75) is 36.0 Å². The zero-order valence-corrected chi connectivity index (χ0v) is 12.8. The molecule has 0 aromatic heterocycles. The number of benzene rings is 1. The molecule has 0 aliphatic rings. The third-order valence-electron chi connectivity index (χ3n) is 2.16. The fraction of sp³-hybridized carbons (Fsp3) is 0.455. The van der Waals surface area contributed by atoms with Crippen LogP contribution in [0.2, 0.25) is 5.02 Å². The van der Waals surface area contributed by atoms with Gasteiger partial charge in [0.1, 0.15) is 4.90 Å². The maximum absolute atomic E-state index is 12.0. The van der Waals surface area contributed by atoms with E-state index < -0.39 is 10.0 Å². The third-order valence-corrected chi connectivity index (χ3v) is 4.62. The summed E-state index contributed by atoms with van der Waals surface area (Å²) in [5.74, 6) is 0. The van der Waals surface area contributed by atoms with Crippen molar-refractivity contribution in [3.8, 4) is 0 Å². The smallest absolute Gasteiger partial charge is 0.208 e. The lowest BCUT2D eigenvalue weighted by Gasteiger charge is -2.15. The van der Waals surface area contributed by atoms with Gasteiger partial charge < -0.3 is 0 Å². The molecule has 0 aliphatic carbocycles. The predicted octanol–water partition coefficient (Wildman–Crippen LogP) is 3.18. The highest BCUT2D eigenvalue weighted by Gasteiger charge is 2.20. The molecule has 6 heteroatoms. The number of nitrogens with one attached hydrogen (secondary N) is 1. The van der Waals surface area contributed by atoms with Gasteiger partial charge in [0, 0.05) is 10.9 Å². The molecule has 1 N–H and O–H groups in total. The molecule has 0 fully saturated rings. The van der Waals surface area contributed by atoms with E-state index in [2.05, 4.69) is 20.7 Å². The average Bonchev–Trinajstić information content (AvgIpc) is 2.15. The molecule has 1 aromatic rings. The SMILES string of the molecule is CC(Br)CC(C)NS(=O)(=O)c1ccccc1Cl. The van der Waals surface area contributed by atoms with Crippen LogP contribution in [0.5, 0.6) is 0 Å². The average molecular weight is 341 g/mol. The predicted molar refractivity (Wildman–Crippen MR) is 74.2 cm³/mol. The Bertz CT molecular complexity index is 476. The first-order chi connectivity index (χ1) is 7.83. The van der Waals surface area contributed by atoms with Crippen LogP contribution in [0.15, 0.2) is 29.2 Å². The van der Waals surface area contributed by atoms with Crippen molar-refractivity contribution in [2.24, 2.45) is 0 Å². The Hall–Kier alpha value is -0.100. The summed E-state index contributed by atoms with van der Waals surface area (Å²) in [7, 11) is -3.54. The molecule has 3 nitrogen and oxygen atoms in total. The monoisotopic (exact) mass is 339 g/mol. The Labute approximate surface area is 116 Å². The first-order valence-electron chi connectivity index (χ1n) is 5.24. The number of sulfonamides is 1. The molecule has 0 amide bonds. The normalized spacial score (nSPS) is 15.5. The molecule has 0 bridgehead atoms. The van der Waals surface area contributed by atoms with E-state index in [1.165, 1.54) is 6.07 Å². The highest BCUT2D eigenvalue weighted by Crippen LogP contribution is 2.21. The Morgan fingerprint density at radius 3 is 2.47 bits per heavy atom. The van der Waals surface area contributed by atoms with E-state index in [1.807, 2.05) is 13.8 Å². The van der Waals surface area contributed by atoms with Gasteiger partial charge in [-0.1, -0.05) is 46.6 Å². The number of halogens is 2. The third kappa shape index (κ3) is 4.58. The van der Waals surface area contributed by atoms with Gasteiger partial charge in [-0.3, -0.25) is 0 Å². The fourth-order valence-electron chi connectivity index (χ4n) is 1.53. The maximum atomic E-state index is 12.0. The molecule has 0 radical (unpaired) electrons. The molecular formula is C11H15BrClNO2S. The minimum absolute atomic E-state index is 0.121. The quantitative estimate of drug-likeness (QED) is 0.837. The molecule has 2 atom stereocenters. The van der Waals surface area contributed by atoms with Crippen molar-refractivity contribution in [1.82, 2.24) is 4.72 Å². The second-order valence-electron chi connectivity index (χ2n) is 3.97. The van der Waals surface area contributed by atoms with Crippen LogP contribution >= 0.6 is 27.5 Å². The van der Waals surface area contributed by atoms with Crippen molar-refractivity contribution in [1.29, 1.82) is 0 Å². The van der Waals surface area contributed by atoms with Gasteiger partial charge in [0.05, 0.1) is 5.02 Å². The summed E-state index contributed by atoms with van der Waals surface area (Å²) in [4.78, 5) is 0.377. The highest BCUT2D eigenvalue weighted by molar-refractivity contribution is 9.09. The van der Waals surface area contributed by atoms with Gasteiger partial charge in [-0.25, -0.2) is 13.1 Å². The van der Waals surface area contributed by atoms with E-state index in [4.69, 9.17) is 11.6 Å². The topological polar surface area (TPSA) is 46.2 Å². The number of alkyl halides is 1. The van der Waals surface area contributed by atoms with E-state index >= 15 is 0 Å². The van der Waals surface area contributed by atoms with Crippen LogP contribution in [-0.4, -0.2) is 19.3 Å². The molecule has 1 rings (SSSR count). The zero-order valence-electron chi connectivity index (χ0n) is 9.65. The fourth-order valence-corrected chi connectivity index (χ4v) is 3.86. The molecule has 96 valence electrons. The number of hydrogen-bond acceptors (Lipinski definition) is 2. The van der Waals surface area contributed by atoms with E-state index in [0.717, 1.165) is 0 Å². The Morgan fingerprint density at radius 1 is 1.35 bits per heavy atom. The van der Waals surface area contributed by atoms with Crippen molar-refractivity contribution in [3.63, 3.8) is 0 Å². The zero-order chi connectivity index (χ0) is 13.1. The minimum Gasteiger partial charge on any atom is -0.208 e. The van der Waals surface area contributed by atoms with E-state index in [0.29, 0.717) is 6.42 Å². The van der Waals surface area contributed by atoms with Gasteiger partial charge in [-0.15, -0.1) is 0 Å². The van der Waals surface area contributed by atoms with Gasteiger partial charge >= 0.3 is 0 Å². The lowest BCUT2D eigenvalue weighted by atomic mass is 10.2. The van der Waals surface area contributed by atoms with Crippen LogP contribution in [0, 0.1) is 0 Å². The molecule has 0 saturated heterocycles. The van der Waals surface area contributed by atoms with Gasteiger partial charge in [0.2, 0.25) is 10.0 Å². The van der Waals surface area contributed by atoms with Gasteiger partial charge in [0.15, 0.2) is 0 Å². The number of rotatable bonds is 5. The molecule has 0 heterocycles. The van der Waals surface area contributed by atoms with Crippen LogP contribution in [-0.2, 0) is 10.0 Å². The molecule has 1 aromatic carbocycles. The summed E-state index contributed by atoms with van der Waals surface area (Å²) >= 11 is 9.26. The van der Waals surface area contributed by atoms with E-state index in [-0.39, 0.29) is 20.8 Å². The number of hydrogen-bond donors (Lipinski definition) is 1. The molecule has 0 aliphatic heterocycles. The Balaban J connectivity index is 2.86. The summed E-state index contributed by atoms with van der Waals surface area (Å²) in [6, 6.07) is 6.26. The highest BCUT2D eigenvalue weighted by atomic mass is 79.9. The van der Waals surface area contributed by atoms with E-state index in [9.17, 15) is 8.42 Å². The molecule has 2 unspecified atom stereocenters. The van der Waals surface area contributed by atoms with Gasteiger partial charge in [0.25, 0.3) is 0 Å². The second-order valence-corrected chi connectivity index (χ2v) is 7.62. The molecular weight excluding hydrogens is 326 g/mol. The van der Waals surface area contributed by atoms with Crippen molar-refractivity contribution in [2.75, 3.05) is 0 Å². The van der Waals surface area contributed by atoms with Gasteiger partial charge in [-0.05, 0) is 25.5 Å². The molecule has 0 saturated carbocycles. The van der Waals surface area contributed by atoms with Crippen LogP contribution in [0.3, 0.4) is 0 Å². The first kappa shape index (κ1) is 15.0. The molecule has 17 heavy (non-hydrogen) atoms. The summed E-state index contributed by atoms with van der Waals surface area (Å²) in [5, 5.41) is 0.235. The summed E-state index contributed by atoms with van der Waals surface area (Å²) in [5.41, 5.74) is 0. The lowest BCUT2D eigenvalue weighted by Crippen LogP contribution is -2.34. The van der Waals surface area contributed by atoms with Gasteiger partial charge in [-0.2, -0.15) is 0 Å².